The van der Waals surface area contributed by atoms with Crippen LogP contribution in [0, 0.1) is 0 Å². The molecule has 0 bridgehead atoms. The van der Waals surface area contributed by atoms with Crippen LogP contribution in [0.15, 0.2) is 115 Å². The highest BCUT2D eigenvalue weighted by atomic mass is 31.1. The Morgan fingerprint density at radius 1 is 0.714 bits per heavy atom. The zero-order chi connectivity index (χ0) is 23.8. The maximum atomic E-state index is 13.7. The Labute approximate surface area is 207 Å². The fourth-order valence-electron chi connectivity index (χ4n) is 5.45. The van der Waals surface area contributed by atoms with Crippen molar-refractivity contribution in [3.63, 3.8) is 0 Å². The first-order valence-corrected chi connectivity index (χ1v) is 13.4. The molecule has 174 valence electrons. The maximum absolute atomic E-state index is 13.7. The van der Waals surface area contributed by atoms with Crippen molar-refractivity contribution < 1.29 is 9.90 Å². The molecule has 2 aliphatic heterocycles. The number of aliphatic hydroxyl groups excluding tert-OH is 1. The summed E-state index contributed by atoms with van der Waals surface area (Å²) in [5, 5.41) is 14.3. The second kappa shape index (κ2) is 9.39. The summed E-state index contributed by atoms with van der Waals surface area (Å²) in [7, 11) is -0.841. The summed E-state index contributed by atoms with van der Waals surface area (Å²) in [6, 6.07) is 39.5. The second-order valence-corrected chi connectivity index (χ2v) is 11.3. The third-order valence-electron chi connectivity index (χ3n) is 6.92. The summed E-state index contributed by atoms with van der Waals surface area (Å²) in [5.74, 6) is 0.0660. The van der Waals surface area contributed by atoms with Gasteiger partial charge in [0.25, 0.3) is 0 Å². The predicted molar refractivity (Wildman–Crippen MR) is 143 cm³/mol. The SMILES string of the molecule is O=C1[C@@H]2C[C@@H](O)CN2[C@@H](c2ccccc2P(c2ccccc2)c2ccccc2)N1c1ccccc1. The fraction of sp³-hybridized carbons (Fsp3) is 0.167. The monoisotopic (exact) mass is 478 g/mol. The van der Waals surface area contributed by atoms with Crippen LogP contribution >= 0.6 is 7.92 Å². The molecule has 35 heavy (non-hydrogen) atoms. The van der Waals surface area contributed by atoms with E-state index in [0.717, 1.165) is 11.3 Å². The first-order chi connectivity index (χ1) is 17.2. The van der Waals surface area contributed by atoms with Crippen molar-refractivity contribution in [1.29, 1.82) is 0 Å². The molecule has 4 nitrogen and oxygen atoms in total. The Kier molecular flexibility index (Phi) is 5.95. The number of carbonyl (C=O) groups excluding carboxylic acids is 1. The van der Waals surface area contributed by atoms with Crippen molar-refractivity contribution in [3.8, 4) is 0 Å². The lowest BCUT2D eigenvalue weighted by Gasteiger charge is -2.33. The summed E-state index contributed by atoms with van der Waals surface area (Å²) in [6.45, 7) is 0.493. The molecule has 0 saturated carbocycles. The van der Waals surface area contributed by atoms with Crippen LogP contribution in [0.4, 0.5) is 5.69 Å². The third kappa shape index (κ3) is 3.98. The zero-order valence-corrected chi connectivity index (χ0v) is 20.2. The molecule has 5 heteroatoms. The number of carbonyl (C=O) groups is 1. The number of hydrogen-bond donors (Lipinski definition) is 1. The summed E-state index contributed by atoms with van der Waals surface area (Å²) in [4.78, 5) is 17.9. The Balaban J connectivity index is 1.54. The molecular weight excluding hydrogens is 451 g/mol. The predicted octanol–water partition coefficient (Wildman–Crippen LogP) is 3.93. The number of para-hydroxylation sites is 1. The van der Waals surface area contributed by atoms with Crippen molar-refractivity contribution in [2.45, 2.75) is 24.7 Å². The van der Waals surface area contributed by atoms with E-state index in [4.69, 9.17) is 0 Å². The van der Waals surface area contributed by atoms with Gasteiger partial charge in [0.15, 0.2) is 0 Å². The molecule has 6 rings (SSSR count). The average molecular weight is 479 g/mol. The maximum Gasteiger partial charge on any atom is 0.246 e. The largest absolute Gasteiger partial charge is 0.392 e. The topological polar surface area (TPSA) is 43.8 Å². The minimum absolute atomic E-state index is 0.0660. The molecular formula is C30H27N2O2P. The normalized spacial score (nSPS) is 22.1. The fourth-order valence-corrected chi connectivity index (χ4v) is 7.92. The van der Waals surface area contributed by atoms with Crippen molar-refractivity contribution in [2.24, 2.45) is 0 Å². The summed E-state index contributed by atoms with van der Waals surface area (Å²) < 4.78 is 0. The number of amides is 1. The number of benzene rings is 4. The zero-order valence-electron chi connectivity index (χ0n) is 19.3. The van der Waals surface area contributed by atoms with Crippen molar-refractivity contribution in [2.75, 3.05) is 11.4 Å². The molecule has 0 aliphatic carbocycles. The highest BCUT2D eigenvalue weighted by molar-refractivity contribution is 7.79. The van der Waals surface area contributed by atoms with E-state index in [9.17, 15) is 9.90 Å². The highest BCUT2D eigenvalue weighted by Crippen LogP contribution is 2.45. The van der Waals surface area contributed by atoms with Crippen molar-refractivity contribution in [3.05, 3.63) is 121 Å². The van der Waals surface area contributed by atoms with E-state index in [1.54, 1.807) is 0 Å². The van der Waals surface area contributed by atoms with Gasteiger partial charge in [-0.1, -0.05) is 103 Å². The van der Waals surface area contributed by atoms with Crippen LogP contribution in [0.5, 0.6) is 0 Å². The van der Waals surface area contributed by atoms with Gasteiger partial charge in [0.2, 0.25) is 5.91 Å². The number of nitrogens with zero attached hydrogens (tertiary/aromatic N) is 2. The molecule has 0 spiro atoms. The van der Waals surface area contributed by atoms with Gasteiger partial charge in [-0.05, 0) is 48.0 Å². The van der Waals surface area contributed by atoms with E-state index in [-0.39, 0.29) is 18.1 Å². The van der Waals surface area contributed by atoms with Gasteiger partial charge in [0.1, 0.15) is 6.17 Å². The molecule has 3 atom stereocenters. The van der Waals surface area contributed by atoms with Crippen molar-refractivity contribution >= 4 is 35.4 Å². The molecule has 0 radical (unpaired) electrons. The van der Waals surface area contributed by atoms with Crippen LogP contribution in [0.1, 0.15) is 18.2 Å². The first kappa shape index (κ1) is 22.2. The minimum Gasteiger partial charge on any atom is -0.392 e. The molecule has 2 heterocycles. The lowest BCUT2D eigenvalue weighted by atomic mass is 10.1. The highest BCUT2D eigenvalue weighted by Gasteiger charge is 2.52. The van der Waals surface area contributed by atoms with E-state index < -0.39 is 14.0 Å². The Morgan fingerprint density at radius 3 is 1.89 bits per heavy atom. The Bertz CT molecular complexity index is 1280. The van der Waals surface area contributed by atoms with Gasteiger partial charge in [0.05, 0.1) is 12.1 Å². The third-order valence-corrected chi connectivity index (χ3v) is 9.44. The van der Waals surface area contributed by atoms with Crippen molar-refractivity contribution in [1.82, 2.24) is 4.90 Å². The van der Waals surface area contributed by atoms with Gasteiger partial charge >= 0.3 is 0 Å². The van der Waals surface area contributed by atoms with E-state index in [0.29, 0.717) is 13.0 Å². The summed E-state index contributed by atoms with van der Waals surface area (Å²) >= 11 is 0. The van der Waals surface area contributed by atoms with Gasteiger partial charge in [-0.15, -0.1) is 0 Å². The van der Waals surface area contributed by atoms with Gasteiger partial charge < -0.3 is 5.11 Å². The lowest BCUT2D eigenvalue weighted by Crippen LogP contribution is -2.37. The number of aliphatic hydroxyl groups is 1. The molecule has 2 fully saturated rings. The smallest absolute Gasteiger partial charge is 0.246 e. The van der Waals surface area contributed by atoms with E-state index in [1.807, 2.05) is 35.2 Å². The van der Waals surface area contributed by atoms with Gasteiger partial charge in [-0.3, -0.25) is 14.6 Å². The first-order valence-electron chi connectivity index (χ1n) is 12.0. The van der Waals surface area contributed by atoms with Crippen LogP contribution in [0.25, 0.3) is 0 Å². The molecule has 0 aromatic heterocycles. The minimum atomic E-state index is -0.841. The number of rotatable bonds is 5. The second-order valence-electron chi connectivity index (χ2n) is 9.08. The molecule has 0 unspecified atom stereocenters. The molecule has 1 N–H and O–H groups in total. The average Bonchev–Trinajstić information content (AvgIpc) is 3.41. The van der Waals surface area contributed by atoms with Crippen LogP contribution in [0.3, 0.4) is 0 Å². The standard InChI is InChI=1S/C30H27N2O2P/c33-23-20-27-30(34)32(22-12-4-1-5-13-22)29(31(27)21-23)26-18-10-11-19-28(26)35(24-14-6-2-7-15-24)25-16-8-3-9-17-25/h1-19,23,27,29,33H,20-21H2/t23-,27+,29-/m1/s1. The van der Waals surface area contributed by atoms with E-state index >= 15 is 0 Å². The summed E-state index contributed by atoms with van der Waals surface area (Å²) in [6.07, 6.45) is -0.269. The van der Waals surface area contributed by atoms with Crippen LogP contribution in [0.2, 0.25) is 0 Å². The Morgan fingerprint density at radius 2 is 1.26 bits per heavy atom. The van der Waals surface area contributed by atoms with Crippen LogP contribution in [-0.2, 0) is 4.79 Å². The summed E-state index contributed by atoms with van der Waals surface area (Å²) in [5.41, 5.74) is 2.02. The Hall–Kier alpha value is -3.30. The van der Waals surface area contributed by atoms with Gasteiger partial charge in [0, 0.05) is 12.2 Å². The molecule has 2 aliphatic rings. The quantitative estimate of drug-likeness (QED) is 0.442. The van der Waals surface area contributed by atoms with E-state index in [1.165, 1.54) is 15.9 Å². The molecule has 4 aromatic carbocycles. The number of anilines is 1. The van der Waals surface area contributed by atoms with E-state index in [2.05, 4.69) is 89.8 Å². The van der Waals surface area contributed by atoms with Gasteiger partial charge in [-0.2, -0.15) is 0 Å². The lowest BCUT2D eigenvalue weighted by molar-refractivity contribution is -0.119. The molecule has 4 aromatic rings. The molecule has 1 amide bonds. The van der Waals surface area contributed by atoms with Gasteiger partial charge in [-0.25, -0.2) is 0 Å². The number of hydrogen-bond acceptors (Lipinski definition) is 3. The molecule has 2 saturated heterocycles. The number of fused-ring (bicyclic) bond motifs is 1. The van der Waals surface area contributed by atoms with Crippen LogP contribution in [-0.4, -0.2) is 34.6 Å². The van der Waals surface area contributed by atoms with Crippen LogP contribution < -0.4 is 20.8 Å².